The number of hydrogen-bond acceptors (Lipinski definition) is 3. The first-order valence-corrected chi connectivity index (χ1v) is 8.22. The Morgan fingerprint density at radius 1 is 1.35 bits per heavy atom. The van der Waals surface area contributed by atoms with Crippen molar-refractivity contribution >= 4 is 23.5 Å². The number of thioether (sulfide) groups is 2. The van der Waals surface area contributed by atoms with Gasteiger partial charge in [-0.05, 0) is 19.4 Å². The van der Waals surface area contributed by atoms with Gasteiger partial charge in [-0.2, -0.15) is 36.7 Å². The number of alkyl halides is 3. The molecule has 1 nitrogen and oxygen atoms in total. The summed E-state index contributed by atoms with van der Waals surface area (Å²) in [5.41, 5.74) is 0. The molecule has 6 heteroatoms. The van der Waals surface area contributed by atoms with Crippen LogP contribution in [-0.4, -0.2) is 41.3 Å². The van der Waals surface area contributed by atoms with Crippen LogP contribution in [0.2, 0.25) is 0 Å². The molecule has 0 radical (unpaired) electrons. The second-order valence-corrected chi connectivity index (χ2v) is 6.65. The lowest BCUT2D eigenvalue weighted by atomic mass is 10.1. The lowest BCUT2D eigenvalue weighted by Gasteiger charge is -2.30. The number of hydrogen-bond donors (Lipinski definition) is 1. The molecule has 1 N–H and O–H groups in total. The van der Waals surface area contributed by atoms with E-state index in [1.807, 2.05) is 30.4 Å². The molecule has 1 rings (SSSR count). The molecule has 0 spiro atoms. The summed E-state index contributed by atoms with van der Waals surface area (Å²) < 4.78 is 36.3. The Bertz CT molecular complexity index is 205. The molecule has 0 aromatic rings. The summed E-state index contributed by atoms with van der Waals surface area (Å²) in [7, 11) is 0. The van der Waals surface area contributed by atoms with Crippen LogP contribution in [0.15, 0.2) is 0 Å². The molecule has 1 aliphatic rings. The minimum Gasteiger partial charge on any atom is -0.313 e. The fourth-order valence-corrected chi connectivity index (χ4v) is 4.87. The largest absolute Gasteiger partial charge is 0.389 e. The van der Waals surface area contributed by atoms with Gasteiger partial charge in [-0.3, -0.25) is 0 Å². The Labute approximate surface area is 110 Å². The lowest BCUT2D eigenvalue weighted by molar-refractivity contribution is -0.135. The molecular weight excluding hydrogens is 267 g/mol. The maximum Gasteiger partial charge on any atom is 0.389 e. The minimum atomic E-state index is -4.01. The molecule has 0 bridgehead atoms. The van der Waals surface area contributed by atoms with E-state index >= 15 is 0 Å². The summed E-state index contributed by atoms with van der Waals surface area (Å²) in [6.07, 6.45) is -3.79. The van der Waals surface area contributed by atoms with E-state index in [-0.39, 0.29) is 12.5 Å². The molecule has 102 valence electrons. The van der Waals surface area contributed by atoms with Gasteiger partial charge in [0.1, 0.15) is 0 Å². The topological polar surface area (TPSA) is 12.0 Å². The average Bonchev–Trinajstić information content (AvgIpc) is 2.27. The third-order valence-corrected chi connectivity index (χ3v) is 5.65. The van der Waals surface area contributed by atoms with E-state index in [9.17, 15) is 13.2 Å². The molecule has 0 aromatic carbocycles. The smallest absolute Gasteiger partial charge is 0.313 e. The van der Waals surface area contributed by atoms with Gasteiger partial charge in [-0.25, -0.2) is 0 Å². The summed E-state index contributed by atoms with van der Waals surface area (Å²) in [5.74, 6) is 3.35. The molecule has 2 unspecified atom stereocenters. The first-order valence-electron chi connectivity index (χ1n) is 6.02. The second kappa shape index (κ2) is 7.79. The van der Waals surface area contributed by atoms with E-state index in [1.54, 1.807) is 0 Å². The molecule has 1 heterocycles. The second-order valence-electron chi connectivity index (χ2n) is 4.16. The van der Waals surface area contributed by atoms with Crippen LogP contribution in [0.1, 0.15) is 26.2 Å². The highest BCUT2D eigenvalue weighted by Crippen LogP contribution is 2.29. The van der Waals surface area contributed by atoms with Gasteiger partial charge in [0.05, 0.1) is 0 Å². The predicted octanol–water partition coefficient (Wildman–Crippen LogP) is 3.55. The number of nitrogens with one attached hydrogen (secondary N) is 1. The molecule has 0 aliphatic carbocycles. The maximum atomic E-state index is 12.1. The van der Waals surface area contributed by atoms with Gasteiger partial charge in [-0.15, -0.1) is 0 Å². The van der Waals surface area contributed by atoms with Crippen LogP contribution in [0.5, 0.6) is 0 Å². The minimum absolute atomic E-state index is 0.236. The van der Waals surface area contributed by atoms with Crippen molar-refractivity contribution in [1.29, 1.82) is 0 Å². The molecule has 1 aliphatic heterocycles. The zero-order valence-electron chi connectivity index (χ0n) is 10.1. The molecule has 1 fully saturated rings. The zero-order chi connectivity index (χ0) is 12.7. The first-order chi connectivity index (χ1) is 8.03. The van der Waals surface area contributed by atoms with Crippen molar-refractivity contribution in [2.75, 3.05) is 23.8 Å². The van der Waals surface area contributed by atoms with E-state index in [1.165, 1.54) is 5.75 Å². The third-order valence-electron chi connectivity index (χ3n) is 2.73. The number of halogens is 3. The van der Waals surface area contributed by atoms with E-state index in [0.717, 1.165) is 18.1 Å². The SMILES string of the molecule is CCNC(CCCC(F)(F)F)C1CSCCS1. The summed E-state index contributed by atoms with van der Waals surface area (Å²) in [6.45, 7) is 2.84. The monoisotopic (exact) mass is 287 g/mol. The van der Waals surface area contributed by atoms with Crippen molar-refractivity contribution in [3.63, 3.8) is 0 Å². The van der Waals surface area contributed by atoms with Crippen LogP contribution in [0, 0.1) is 0 Å². The highest BCUT2D eigenvalue weighted by molar-refractivity contribution is 8.06. The summed E-state index contributed by atoms with van der Waals surface area (Å²) >= 11 is 3.82. The van der Waals surface area contributed by atoms with Gasteiger partial charge < -0.3 is 5.32 Å². The summed E-state index contributed by atoms with van der Waals surface area (Å²) in [5, 5.41) is 3.81. The van der Waals surface area contributed by atoms with Crippen molar-refractivity contribution < 1.29 is 13.2 Å². The van der Waals surface area contributed by atoms with Crippen molar-refractivity contribution in [3.8, 4) is 0 Å². The van der Waals surface area contributed by atoms with Gasteiger partial charge in [0, 0.05) is 35.0 Å². The van der Waals surface area contributed by atoms with Crippen LogP contribution in [0.25, 0.3) is 0 Å². The summed E-state index contributed by atoms with van der Waals surface area (Å²) in [4.78, 5) is 0. The van der Waals surface area contributed by atoms with E-state index in [2.05, 4.69) is 5.32 Å². The van der Waals surface area contributed by atoms with E-state index in [0.29, 0.717) is 11.7 Å². The molecule has 17 heavy (non-hydrogen) atoms. The zero-order valence-corrected chi connectivity index (χ0v) is 11.7. The van der Waals surface area contributed by atoms with Crippen LogP contribution in [0.3, 0.4) is 0 Å². The Kier molecular flexibility index (Phi) is 7.11. The fourth-order valence-electron chi connectivity index (χ4n) is 1.94. The first kappa shape index (κ1) is 15.5. The van der Waals surface area contributed by atoms with Crippen molar-refractivity contribution in [1.82, 2.24) is 5.32 Å². The molecular formula is C11H20F3NS2. The molecule has 0 saturated carbocycles. The Balaban J connectivity index is 2.31. The summed E-state index contributed by atoms with van der Waals surface area (Å²) in [6, 6.07) is 0.236. The maximum absolute atomic E-state index is 12.1. The quantitative estimate of drug-likeness (QED) is 0.802. The highest BCUT2D eigenvalue weighted by Gasteiger charge is 2.29. The molecule has 0 aromatic heterocycles. The standard InChI is InChI=1S/C11H20F3NS2/c1-2-15-9(4-3-5-11(12,13)14)10-8-16-6-7-17-10/h9-10,15H,2-8H2,1H3. The van der Waals surface area contributed by atoms with Gasteiger partial charge in [0.15, 0.2) is 0 Å². The van der Waals surface area contributed by atoms with Crippen molar-refractivity contribution in [2.24, 2.45) is 0 Å². The molecule has 0 amide bonds. The Morgan fingerprint density at radius 3 is 2.65 bits per heavy atom. The average molecular weight is 287 g/mol. The lowest BCUT2D eigenvalue weighted by Crippen LogP contribution is -2.41. The highest BCUT2D eigenvalue weighted by atomic mass is 32.2. The predicted molar refractivity (Wildman–Crippen MR) is 70.9 cm³/mol. The van der Waals surface area contributed by atoms with Crippen molar-refractivity contribution in [3.05, 3.63) is 0 Å². The van der Waals surface area contributed by atoms with Crippen molar-refractivity contribution in [2.45, 2.75) is 43.7 Å². The van der Waals surface area contributed by atoms with E-state index in [4.69, 9.17) is 0 Å². The van der Waals surface area contributed by atoms with Gasteiger partial charge in [0.2, 0.25) is 0 Å². The number of rotatable bonds is 6. The van der Waals surface area contributed by atoms with Gasteiger partial charge in [-0.1, -0.05) is 6.92 Å². The molecule has 2 atom stereocenters. The normalized spacial score (nSPS) is 23.6. The fraction of sp³-hybridized carbons (Fsp3) is 1.00. The van der Waals surface area contributed by atoms with Crippen LogP contribution in [-0.2, 0) is 0 Å². The van der Waals surface area contributed by atoms with Crippen LogP contribution in [0.4, 0.5) is 13.2 Å². The van der Waals surface area contributed by atoms with Crippen LogP contribution >= 0.6 is 23.5 Å². The third kappa shape index (κ3) is 6.82. The van der Waals surface area contributed by atoms with Gasteiger partial charge >= 0.3 is 6.18 Å². The Hall–Kier alpha value is 0.450. The Morgan fingerprint density at radius 2 is 2.12 bits per heavy atom. The molecule has 1 saturated heterocycles. The van der Waals surface area contributed by atoms with E-state index < -0.39 is 12.6 Å². The van der Waals surface area contributed by atoms with Crippen LogP contribution < -0.4 is 5.32 Å². The van der Waals surface area contributed by atoms with Gasteiger partial charge in [0.25, 0.3) is 0 Å².